The van der Waals surface area contributed by atoms with Crippen molar-refractivity contribution in [3.8, 4) is 0 Å². The molecule has 0 radical (unpaired) electrons. The summed E-state index contributed by atoms with van der Waals surface area (Å²) in [4.78, 5) is 10.4. The van der Waals surface area contributed by atoms with Gasteiger partial charge in [0.15, 0.2) is 0 Å². The zero-order chi connectivity index (χ0) is 13.5. The Kier molecular flexibility index (Phi) is 5.58. The summed E-state index contributed by atoms with van der Waals surface area (Å²) in [5, 5.41) is 14.0. The monoisotopic (exact) mass is 252 g/mol. The maximum Gasteiger partial charge on any atom is 0.269 e. The molecule has 0 aromatic heterocycles. The fraction of sp³-hybridized carbons (Fsp3) is 0.538. The summed E-state index contributed by atoms with van der Waals surface area (Å²) in [6.07, 6.45) is 1.10. The van der Waals surface area contributed by atoms with Gasteiger partial charge in [0, 0.05) is 29.9 Å². The van der Waals surface area contributed by atoms with Crippen molar-refractivity contribution in [2.75, 3.05) is 11.9 Å². The van der Waals surface area contributed by atoms with Gasteiger partial charge in [-0.05, 0) is 26.3 Å². The van der Waals surface area contributed by atoms with E-state index in [1.165, 1.54) is 6.07 Å². The Morgan fingerprint density at radius 3 is 2.72 bits per heavy atom. The molecule has 18 heavy (non-hydrogen) atoms. The second kappa shape index (κ2) is 6.96. The number of rotatable bonds is 7. The summed E-state index contributed by atoms with van der Waals surface area (Å²) in [6, 6.07) is 4.82. The molecule has 100 valence electrons. The highest BCUT2D eigenvalue weighted by atomic mass is 16.6. The van der Waals surface area contributed by atoms with Crippen molar-refractivity contribution in [3.05, 3.63) is 33.9 Å². The lowest BCUT2D eigenvalue weighted by atomic mass is 10.1. The topological polar surface area (TPSA) is 64.4 Å². The van der Waals surface area contributed by atoms with E-state index in [1.54, 1.807) is 12.1 Å². The molecule has 0 bridgehead atoms. The van der Waals surface area contributed by atoms with Crippen LogP contribution < -0.4 is 5.32 Å². The molecule has 1 aromatic rings. The van der Waals surface area contributed by atoms with Crippen molar-refractivity contribution in [2.45, 2.75) is 39.9 Å². The summed E-state index contributed by atoms with van der Waals surface area (Å²) in [7, 11) is 0. The van der Waals surface area contributed by atoms with Crippen LogP contribution in [0.5, 0.6) is 0 Å². The van der Waals surface area contributed by atoms with E-state index in [4.69, 9.17) is 4.74 Å². The number of anilines is 1. The molecule has 0 saturated carbocycles. The van der Waals surface area contributed by atoms with Crippen LogP contribution in [-0.4, -0.2) is 17.6 Å². The van der Waals surface area contributed by atoms with Crippen LogP contribution in [0.2, 0.25) is 0 Å². The van der Waals surface area contributed by atoms with Gasteiger partial charge in [-0.3, -0.25) is 10.1 Å². The standard InChI is InChI=1S/C13H20N2O3/c1-4-7-14-13-6-5-12(15(16)17)8-11(13)9-18-10(2)3/h5-6,8,10,14H,4,7,9H2,1-3H3. The minimum Gasteiger partial charge on any atom is -0.385 e. The van der Waals surface area contributed by atoms with Crippen LogP contribution in [0, 0.1) is 10.1 Å². The summed E-state index contributed by atoms with van der Waals surface area (Å²) in [5.74, 6) is 0. The molecule has 0 heterocycles. The molecule has 1 aromatic carbocycles. The molecule has 1 rings (SSSR count). The van der Waals surface area contributed by atoms with E-state index in [2.05, 4.69) is 12.2 Å². The van der Waals surface area contributed by atoms with Gasteiger partial charge < -0.3 is 10.1 Å². The van der Waals surface area contributed by atoms with Crippen molar-refractivity contribution in [3.63, 3.8) is 0 Å². The molecule has 0 atom stereocenters. The van der Waals surface area contributed by atoms with E-state index < -0.39 is 0 Å². The number of nitrogens with zero attached hydrogens (tertiary/aromatic N) is 1. The number of ether oxygens (including phenoxy) is 1. The first-order chi connectivity index (χ1) is 8.54. The fourth-order valence-corrected chi connectivity index (χ4v) is 1.50. The third-order valence-corrected chi connectivity index (χ3v) is 2.44. The second-order valence-electron chi connectivity index (χ2n) is 4.39. The van der Waals surface area contributed by atoms with E-state index in [-0.39, 0.29) is 16.7 Å². The number of nitrogens with one attached hydrogen (secondary N) is 1. The molecular formula is C13H20N2O3. The predicted molar refractivity (Wildman–Crippen MR) is 71.8 cm³/mol. The van der Waals surface area contributed by atoms with Gasteiger partial charge in [-0.25, -0.2) is 0 Å². The molecule has 0 aliphatic heterocycles. The minimum absolute atomic E-state index is 0.0967. The molecule has 0 amide bonds. The van der Waals surface area contributed by atoms with Gasteiger partial charge in [0.2, 0.25) is 0 Å². The van der Waals surface area contributed by atoms with Crippen molar-refractivity contribution >= 4 is 11.4 Å². The fourth-order valence-electron chi connectivity index (χ4n) is 1.50. The lowest BCUT2D eigenvalue weighted by Gasteiger charge is -2.13. The average molecular weight is 252 g/mol. The summed E-state index contributed by atoms with van der Waals surface area (Å²) in [5.41, 5.74) is 1.83. The molecule has 0 spiro atoms. The van der Waals surface area contributed by atoms with E-state index in [0.29, 0.717) is 6.61 Å². The van der Waals surface area contributed by atoms with Gasteiger partial charge in [0.05, 0.1) is 17.6 Å². The maximum absolute atomic E-state index is 10.8. The van der Waals surface area contributed by atoms with Gasteiger partial charge in [0.1, 0.15) is 0 Å². The largest absolute Gasteiger partial charge is 0.385 e. The third kappa shape index (κ3) is 4.33. The van der Waals surface area contributed by atoms with E-state index in [0.717, 1.165) is 24.2 Å². The molecule has 0 aliphatic carbocycles. The normalized spacial score (nSPS) is 10.7. The van der Waals surface area contributed by atoms with Crippen molar-refractivity contribution in [1.29, 1.82) is 0 Å². The second-order valence-corrected chi connectivity index (χ2v) is 4.39. The molecule has 0 unspecified atom stereocenters. The Morgan fingerprint density at radius 1 is 1.44 bits per heavy atom. The quantitative estimate of drug-likeness (QED) is 0.597. The molecule has 5 heteroatoms. The smallest absolute Gasteiger partial charge is 0.269 e. The van der Waals surface area contributed by atoms with Crippen LogP contribution in [0.25, 0.3) is 0 Å². The highest BCUT2D eigenvalue weighted by molar-refractivity contribution is 5.55. The van der Waals surface area contributed by atoms with Gasteiger partial charge in [-0.1, -0.05) is 6.92 Å². The zero-order valence-corrected chi connectivity index (χ0v) is 11.1. The Morgan fingerprint density at radius 2 is 2.17 bits per heavy atom. The molecule has 1 N–H and O–H groups in total. The highest BCUT2D eigenvalue weighted by Crippen LogP contribution is 2.23. The van der Waals surface area contributed by atoms with Crippen LogP contribution in [0.1, 0.15) is 32.8 Å². The number of benzene rings is 1. The Bertz CT molecular complexity index is 405. The average Bonchev–Trinajstić information content (AvgIpc) is 2.33. The first-order valence-electron chi connectivity index (χ1n) is 6.17. The Labute approximate surface area is 107 Å². The number of nitro groups is 1. The van der Waals surface area contributed by atoms with Gasteiger partial charge in [-0.2, -0.15) is 0 Å². The Hall–Kier alpha value is -1.62. The van der Waals surface area contributed by atoms with Crippen LogP contribution in [0.3, 0.4) is 0 Å². The van der Waals surface area contributed by atoms with Gasteiger partial charge in [-0.15, -0.1) is 0 Å². The van der Waals surface area contributed by atoms with Crippen molar-refractivity contribution < 1.29 is 9.66 Å². The van der Waals surface area contributed by atoms with Crippen LogP contribution in [0.15, 0.2) is 18.2 Å². The molecule has 0 aliphatic rings. The first-order valence-corrected chi connectivity index (χ1v) is 6.17. The third-order valence-electron chi connectivity index (χ3n) is 2.44. The van der Waals surface area contributed by atoms with Crippen LogP contribution >= 0.6 is 0 Å². The number of nitro benzene ring substituents is 1. The highest BCUT2D eigenvalue weighted by Gasteiger charge is 2.11. The minimum atomic E-state index is -0.386. The van der Waals surface area contributed by atoms with Crippen LogP contribution in [-0.2, 0) is 11.3 Å². The number of hydrogen-bond acceptors (Lipinski definition) is 4. The molecule has 5 nitrogen and oxygen atoms in total. The first kappa shape index (κ1) is 14.4. The van der Waals surface area contributed by atoms with Gasteiger partial charge in [0.25, 0.3) is 5.69 Å². The SMILES string of the molecule is CCCNc1ccc([N+](=O)[O-])cc1COC(C)C. The number of non-ortho nitro benzene ring substituents is 1. The van der Waals surface area contributed by atoms with Crippen LogP contribution in [0.4, 0.5) is 11.4 Å². The molecule has 0 saturated heterocycles. The van der Waals surface area contributed by atoms with E-state index in [9.17, 15) is 10.1 Å². The lowest BCUT2D eigenvalue weighted by molar-refractivity contribution is -0.384. The summed E-state index contributed by atoms with van der Waals surface area (Å²) in [6.45, 7) is 7.17. The van der Waals surface area contributed by atoms with E-state index >= 15 is 0 Å². The molecule has 0 fully saturated rings. The Balaban J connectivity index is 2.90. The van der Waals surface area contributed by atoms with E-state index in [1.807, 2.05) is 13.8 Å². The lowest BCUT2D eigenvalue weighted by Crippen LogP contribution is -2.07. The number of hydrogen-bond donors (Lipinski definition) is 1. The predicted octanol–water partition coefficient (Wildman–Crippen LogP) is 3.34. The molecular weight excluding hydrogens is 232 g/mol. The van der Waals surface area contributed by atoms with Crippen molar-refractivity contribution in [1.82, 2.24) is 0 Å². The van der Waals surface area contributed by atoms with Crippen molar-refractivity contribution in [2.24, 2.45) is 0 Å². The zero-order valence-electron chi connectivity index (χ0n) is 11.1. The van der Waals surface area contributed by atoms with Gasteiger partial charge >= 0.3 is 0 Å². The maximum atomic E-state index is 10.8. The summed E-state index contributed by atoms with van der Waals surface area (Å²) < 4.78 is 5.52. The summed E-state index contributed by atoms with van der Waals surface area (Å²) >= 11 is 0.